The summed E-state index contributed by atoms with van der Waals surface area (Å²) in [6.07, 6.45) is 0. The second kappa shape index (κ2) is 9.59. The Kier molecular flexibility index (Phi) is 7.82. The minimum absolute atomic E-state index is 0.118. The lowest BCUT2D eigenvalue weighted by Gasteiger charge is -2.09. The third-order valence-electron chi connectivity index (χ3n) is 2.96. The van der Waals surface area contributed by atoms with Crippen LogP contribution in [0.1, 0.15) is 66.0 Å². The summed E-state index contributed by atoms with van der Waals surface area (Å²) >= 11 is 0. The van der Waals surface area contributed by atoms with E-state index in [1.165, 1.54) is 4.68 Å². The Morgan fingerprint density at radius 3 is 2.04 bits per heavy atom. The molecule has 0 unspecified atom stereocenters. The summed E-state index contributed by atoms with van der Waals surface area (Å²) in [4.78, 5) is 13.0. The van der Waals surface area contributed by atoms with Crippen LogP contribution in [0.15, 0.2) is 26.5 Å². The molecule has 0 radical (unpaired) electrons. The first-order valence-electron chi connectivity index (χ1n) is 8.32. The van der Waals surface area contributed by atoms with E-state index in [2.05, 4.69) is 36.4 Å². The summed E-state index contributed by atoms with van der Waals surface area (Å²) in [5.41, 5.74) is 9.56. The average Bonchev–Trinajstić information content (AvgIpc) is 2.90. The summed E-state index contributed by atoms with van der Waals surface area (Å²) in [6.45, 7) is 15.1. The van der Waals surface area contributed by atoms with E-state index in [0.717, 1.165) is 22.7 Å². The molecule has 0 aliphatic rings. The SMILES string of the molecule is CC(C)=NNCC(C(=O)c1nnc(NN=C(C)C)n1N=C(C)C)=C(C)C. The molecule has 1 aromatic rings. The van der Waals surface area contributed by atoms with E-state index in [1.54, 1.807) is 0 Å². The van der Waals surface area contributed by atoms with Crippen molar-refractivity contribution in [2.45, 2.75) is 55.4 Å². The van der Waals surface area contributed by atoms with Gasteiger partial charge < -0.3 is 5.43 Å². The predicted octanol–water partition coefficient (Wildman–Crippen LogP) is 2.83. The molecular formula is C17H28N8O. The van der Waals surface area contributed by atoms with Crippen molar-refractivity contribution in [1.29, 1.82) is 0 Å². The summed E-state index contributed by atoms with van der Waals surface area (Å²) in [6, 6.07) is 0. The van der Waals surface area contributed by atoms with Crippen LogP contribution in [-0.2, 0) is 0 Å². The second-order valence-electron chi connectivity index (χ2n) is 6.58. The van der Waals surface area contributed by atoms with E-state index < -0.39 is 0 Å². The minimum Gasteiger partial charge on any atom is -0.306 e. The van der Waals surface area contributed by atoms with Gasteiger partial charge in [-0.25, -0.2) is 5.43 Å². The van der Waals surface area contributed by atoms with Gasteiger partial charge in [0, 0.05) is 22.7 Å². The molecule has 0 saturated carbocycles. The van der Waals surface area contributed by atoms with Crippen LogP contribution in [-0.4, -0.2) is 44.3 Å². The van der Waals surface area contributed by atoms with Crippen molar-refractivity contribution >= 4 is 28.9 Å². The topological polar surface area (TPSA) is 109 Å². The van der Waals surface area contributed by atoms with Gasteiger partial charge in [-0.2, -0.15) is 20.0 Å². The zero-order valence-corrected chi connectivity index (χ0v) is 16.8. The number of anilines is 1. The zero-order valence-electron chi connectivity index (χ0n) is 16.8. The molecule has 9 nitrogen and oxygen atoms in total. The molecule has 0 amide bonds. The number of nitrogens with zero attached hydrogens (tertiary/aromatic N) is 6. The molecule has 0 bridgehead atoms. The van der Waals surface area contributed by atoms with Crippen LogP contribution in [0.4, 0.5) is 5.95 Å². The molecular weight excluding hydrogens is 332 g/mol. The number of allylic oxidation sites excluding steroid dienone is 1. The zero-order chi connectivity index (χ0) is 19.9. The van der Waals surface area contributed by atoms with E-state index in [-0.39, 0.29) is 17.6 Å². The third-order valence-corrected chi connectivity index (χ3v) is 2.96. The van der Waals surface area contributed by atoms with E-state index in [9.17, 15) is 4.79 Å². The number of rotatable bonds is 8. The fraction of sp³-hybridized carbons (Fsp3) is 0.529. The highest BCUT2D eigenvalue weighted by atomic mass is 16.1. The van der Waals surface area contributed by atoms with Crippen LogP contribution in [0.25, 0.3) is 0 Å². The first kappa shape index (κ1) is 21.2. The van der Waals surface area contributed by atoms with Crippen molar-refractivity contribution < 1.29 is 4.79 Å². The molecule has 0 aliphatic heterocycles. The molecule has 1 aromatic heterocycles. The highest BCUT2D eigenvalue weighted by Crippen LogP contribution is 2.15. The lowest BCUT2D eigenvalue weighted by atomic mass is 10.1. The second-order valence-corrected chi connectivity index (χ2v) is 6.58. The molecule has 142 valence electrons. The van der Waals surface area contributed by atoms with Crippen molar-refractivity contribution in [2.24, 2.45) is 15.3 Å². The highest BCUT2D eigenvalue weighted by molar-refractivity contribution is 6.07. The number of hydrazone groups is 2. The number of carbonyl (C=O) groups excluding carboxylic acids is 1. The van der Waals surface area contributed by atoms with Gasteiger partial charge in [0.05, 0.1) is 6.54 Å². The predicted molar refractivity (Wildman–Crippen MR) is 106 cm³/mol. The molecule has 9 heteroatoms. The summed E-state index contributed by atoms with van der Waals surface area (Å²) in [5, 5.41) is 20.6. The van der Waals surface area contributed by atoms with Gasteiger partial charge >= 0.3 is 0 Å². The van der Waals surface area contributed by atoms with Gasteiger partial charge in [0.2, 0.25) is 11.6 Å². The van der Waals surface area contributed by atoms with Gasteiger partial charge in [-0.05, 0) is 55.4 Å². The monoisotopic (exact) mass is 360 g/mol. The van der Waals surface area contributed by atoms with Crippen LogP contribution in [0, 0.1) is 0 Å². The van der Waals surface area contributed by atoms with Gasteiger partial charge in [0.1, 0.15) is 0 Å². The smallest absolute Gasteiger partial charge is 0.266 e. The Bertz CT molecular complexity index is 767. The van der Waals surface area contributed by atoms with Crippen molar-refractivity contribution in [1.82, 2.24) is 20.3 Å². The number of carbonyl (C=O) groups is 1. The number of hydrogen-bond acceptors (Lipinski definition) is 8. The Morgan fingerprint density at radius 2 is 1.54 bits per heavy atom. The van der Waals surface area contributed by atoms with Crippen molar-refractivity contribution in [3.05, 3.63) is 17.0 Å². The molecule has 0 spiro atoms. The Morgan fingerprint density at radius 1 is 0.923 bits per heavy atom. The maximum absolute atomic E-state index is 13.0. The molecule has 0 saturated heterocycles. The fourth-order valence-electron chi connectivity index (χ4n) is 1.84. The summed E-state index contributed by atoms with van der Waals surface area (Å²) in [5.74, 6) is 0.135. The Labute approximate surface area is 154 Å². The highest BCUT2D eigenvalue weighted by Gasteiger charge is 2.23. The summed E-state index contributed by atoms with van der Waals surface area (Å²) < 4.78 is 1.38. The quantitative estimate of drug-likeness (QED) is 0.321. The molecule has 0 atom stereocenters. The molecule has 0 aromatic carbocycles. The van der Waals surface area contributed by atoms with E-state index in [0.29, 0.717) is 12.1 Å². The number of ketones is 1. The Hall–Kier alpha value is -2.84. The number of aromatic nitrogens is 3. The third kappa shape index (κ3) is 6.23. The van der Waals surface area contributed by atoms with Crippen molar-refractivity contribution in [3.8, 4) is 0 Å². The van der Waals surface area contributed by atoms with Gasteiger partial charge in [0.15, 0.2) is 0 Å². The molecule has 1 rings (SSSR count). The first-order chi connectivity index (χ1) is 12.1. The largest absolute Gasteiger partial charge is 0.306 e. The lowest BCUT2D eigenvalue weighted by Crippen LogP contribution is -2.21. The van der Waals surface area contributed by atoms with Crippen LogP contribution in [0.5, 0.6) is 0 Å². The van der Waals surface area contributed by atoms with Gasteiger partial charge in [-0.3, -0.25) is 4.79 Å². The van der Waals surface area contributed by atoms with Crippen LogP contribution in [0.3, 0.4) is 0 Å². The molecule has 2 N–H and O–H groups in total. The molecule has 26 heavy (non-hydrogen) atoms. The van der Waals surface area contributed by atoms with E-state index in [4.69, 9.17) is 0 Å². The van der Waals surface area contributed by atoms with Gasteiger partial charge in [-0.15, -0.1) is 10.2 Å². The maximum Gasteiger partial charge on any atom is 0.266 e. The fourth-order valence-corrected chi connectivity index (χ4v) is 1.84. The average molecular weight is 360 g/mol. The minimum atomic E-state index is -0.260. The normalized spacial score (nSPS) is 9.85. The number of hydrogen-bond donors (Lipinski definition) is 2. The standard InChI is InChI=1S/C17H28N8O/c1-10(2)14(9-18-19-11(3)4)15(26)16-21-23-17(22-20-12(5)6)25(16)24-13(7)8/h18H,9H2,1-8H3,(H,22,23). The Balaban J connectivity index is 3.28. The summed E-state index contributed by atoms with van der Waals surface area (Å²) in [7, 11) is 0. The lowest BCUT2D eigenvalue weighted by molar-refractivity contribution is 0.101. The number of Topliss-reactive ketones (excluding diaryl/α,β-unsaturated/α-hetero) is 1. The van der Waals surface area contributed by atoms with E-state index in [1.807, 2.05) is 55.4 Å². The van der Waals surface area contributed by atoms with Crippen LogP contribution in [0.2, 0.25) is 0 Å². The van der Waals surface area contributed by atoms with E-state index >= 15 is 0 Å². The first-order valence-corrected chi connectivity index (χ1v) is 8.32. The van der Waals surface area contributed by atoms with Crippen LogP contribution < -0.4 is 10.9 Å². The van der Waals surface area contributed by atoms with Gasteiger partial charge in [0.25, 0.3) is 5.95 Å². The molecule has 1 heterocycles. The van der Waals surface area contributed by atoms with Gasteiger partial charge in [-0.1, -0.05) is 5.57 Å². The molecule has 0 aliphatic carbocycles. The van der Waals surface area contributed by atoms with Crippen molar-refractivity contribution in [2.75, 3.05) is 12.0 Å². The number of nitrogens with one attached hydrogen (secondary N) is 2. The molecule has 0 fully saturated rings. The van der Waals surface area contributed by atoms with Crippen LogP contribution >= 0.6 is 0 Å². The maximum atomic E-state index is 13.0. The van der Waals surface area contributed by atoms with Crippen molar-refractivity contribution in [3.63, 3.8) is 0 Å².